The topological polar surface area (TPSA) is 21.3 Å². The molecule has 1 N–H and O–H groups in total. The van der Waals surface area contributed by atoms with E-state index in [2.05, 4.69) is 5.32 Å². The normalized spacial score (nSPS) is 13.0. The van der Waals surface area contributed by atoms with Crippen LogP contribution >= 0.6 is 22.9 Å². The van der Waals surface area contributed by atoms with Crippen molar-refractivity contribution >= 4 is 28.6 Å². The van der Waals surface area contributed by atoms with Gasteiger partial charge in [-0.25, -0.2) is 0 Å². The zero-order chi connectivity index (χ0) is 15.6. The van der Waals surface area contributed by atoms with Gasteiger partial charge >= 0.3 is 6.18 Å². The summed E-state index contributed by atoms with van der Waals surface area (Å²) in [6.07, 6.45) is -4.46. The molecule has 114 valence electrons. The number of hydrogen-bond acceptors (Lipinski definition) is 3. The fraction of sp³-hybridized carbons (Fsp3) is 0.286. The minimum Gasteiger partial charge on any atom is -0.497 e. The zero-order valence-electron chi connectivity index (χ0n) is 11.3. The number of rotatable bonds is 4. The average molecular weight is 336 g/mol. The van der Waals surface area contributed by atoms with Gasteiger partial charge in [0.2, 0.25) is 0 Å². The Morgan fingerprint density at radius 2 is 2.00 bits per heavy atom. The van der Waals surface area contributed by atoms with Gasteiger partial charge in [-0.15, -0.1) is 11.3 Å². The second-order valence-electron chi connectivity index (χ2n) is 4.46. The molecule has 1 atom stereocenters. The van der Waals surface area contributed by atoms with Crippen LogP contribution in [0, 0.1) is 0 Å². The summed E-state index contributed by atoms with van der Waals surface area (Å²) in [6.45, 7) is 1.78. The van der Waals surface area contributed by atoms with E-state index < -0.39 is 11.7 Å². The molecule has 0 aliphatic carbocycles. The van der Waals surface area contributed by atoms with Crippen molar-refractivity contribution in [1.82, 2.24) is 0 Å². The molecule has 1 aromatic heterocycles. The summed E-state index contributed by atoms with van der Waals surface area (Å²) in [7, 11) is 1.33. The maximum Gasteiger partial charge on any atom is 0.418 e. The van der Waals surface area contributed by atoms with Crippen LogP contribution < -0.4 is 10.1 Å². The van der Waals surface area contributed by atoms with E-state index in [-0.39, 0.29) is 17.5 Å². The first-order chi connectivity index (χ1) is 9.81. The van der Waals surface area contributed by atoms with E-state index in [1.54, 1.807) is 13.0 Å². The van der Waals surface area contributed by atoms with Gasteiger partial charge in [0.1, 0.15) is 5.75 Å². The maximum absolute atomic E-state index is 13.1. The highest BCUT2D eigenvalue weighted by Crippen LogP contribution is 2.38. The Kier molecular flexibility index (Phi) is 4.68. The molecular weight excluding hydrogens is 323 g/mol. The molecule has 0 saturated heterocycles. The van der Waals surface area contributed by atoms with E-state index in [1.807, 2.05) is 5.38 Å². The zero-order valence-corrected chi connectivity index (χ0v) is 12.9. The van der Waals surface area contributed by atoms with E-state index in [0.29, 0.717) is 4.34 Å². The third-order valence-corrected chi connectivity index (χ3v) is 4.10. The van der Waals surface area contributed by atoms with Crippen LogP contribution in [-0.4, -0.2) is 7.11 Å². The largest absolute Gasteiger partial charge is 0.497 e. The van der Waals surface area contributed by atoms with Crippen molar-refractivity contribution in [3.05, 3.63) is 45.1 Å². The van der Waals surface area contributed by atoms with Gasteiger partial charge in [-0.1, -0.05) is 11.6 Å². The quantitative estimate of drug-likeness (QED) is 0.785. The first-order valence-corrected chi connectivity index (χ1v) is 7.32. The molecule has 1 aromatic carbocycles. The summed E-state index contributed by atoms with van der Waals surface area (Å²) in [5.74, 6) is 0.166. The Morgan fingerprint density at radius 1 is 1.29 bits per heavy atom. The van der Waals surface area contributed by atoms with E-state index in [4.69, 9.17) is 16.3 Å². The predicted molar refractivity (Wildman–Crippen MR) is 79.4 cm³/mol. The smallest absolute Gasteiger partial charge is 0.418 e. The standard InChI is InChI=1S/C14H13ClF3NOS/c1-8(9-5-13(15)21-7-9)19-12-4-3-10(20-2)6-11(12)14(16,17)18/h3-8,19H,1-2H3. The van der Waals surface area contributed by atoms with Crippen LogP contribution in [0.1, 0.15) is 24.1 Å². The molecule has 21 heavy (non-hydrogen) atoms. The molecule has 0 amide bonds. The maximum atomic E-state index is 13.1. The van der Waals surface area contributed by atoms with Crippen molar-refractivity contribution in [2.24, 2.45) is 0 Å². The highest BCUT2D eigenvalue weighted by atomic mass is 35.5. The number of methoxy groups -OCH3 is 1. The van der Waals surface area contributed by atoms with E-state index in [0.717, 1.165) is 11.6 Å². The molecule has 2 nitrogen and oxygen atoms in total. The number of benzene rings is 1. The van der Waals surface area contributed by atoms with Crippen LogP contribution in [0.2, 0.25) is 4.34 Å². The summed E-state index contributed by atoms with van der Waals surface area (Å²) >= 11 is 7.19. The van der Waals surface area contributed by atoms with Crippen molar-refractivity contribution in [3.8, 4) is 5.75 Å². The van der Waals surface area contributed by atoms with Gasteiger partial charge in [0.05, 0.1) is 17.0 Å². The van der Waals surface area contributed by atoms with E-state index in [9.17, 15) is 13.2 Å². The molecule has 0 saturated carbocycles. The Labute approximate surface area is 129 Å². The van der Waals surface area contributed by atoms with Gasteiger partial charge in [-0.05, 0) is 42.1 Å². The molecule has 0 aliphatic heterocycles. The molecule has 0 radical (unpaired) electrons. The lowest BCUT2D eigenvalue weighted by Crippen LogP contribution is -2.13. The number of anilines is 1. The highest BCUT2D eigenvalue weighted by molar-refractivity contribution is 7.14. The second kappa shape index (κ2) is 6.15. The Hall–Kier alpha value is -1.40. The molecular formula is C14H13ClF3NOS. The van der Waals surface area contributed by atoms with Crippen LogP contribution in [-0.2, 0) is 6.18 Å². The lowest BCUT2D eigenvalue weighted by Gasteiger charge is -2.19. The number of alkyl halides is 3. The fourth-order valence-electron chi connectivity index (χ4n) is 1.88. The van der Waals surface area contributed by atoms with Crippen molar-refractivity contribution < 1.29 is 17.9 Å². The summed E-state index contributed by atoms with van der Waals surface area (Å²) in [5.41, 5.74) is 0.0992. The number of ether oxygens (including phenoxy) is 1. The van der Waals surface area contributed by atoms with Gasteiger partial charge in [0.15, 0.2) is 0 Å². The molecule has 1 unspecified atom stereocenters. The first-order valence-electron chi connectivity index (χ1n) is 6.07. The van der Waals surface area contributed by atoms with Crippen LogP contribution in [0.3, 0.4) is 0 Å². The van der Waals surface area contributed by atoms with Crippen molar-refractivity contribution in [2.45, 2.75) is 19.1 Å². The molecule has 2 rings (SSSR count). The minimum absolute atomic E-state index is 0.0122. The molecule has 1 heterocycles. The third-order valence-electron chi connectivity index (χ3n) is 2.99. The highest BCUT2D eigenvalue weighted by Gasteiger charge is 2.34. The number of halogens is 4. The monoisotopic (exact) mass is 335 g/mol. The molecule has 0 spiro atoms. The van der Waals surface area contributed by atoms with Gasteiger partial charge in [0.25, 0.3) is 0 Å². The summed E-state index contributed by atoms with van der Waals surface area (Å²) in [6, 6.07) is 5.29. The SMILES string of the molecule is COc1ccc(NC(C)c2csc(Cl)c2)c(C(F)(F)F)c1. The molecule has 7 heteroatoms. The Morgan fingerprint density at radius 3 is 2.52 bits per heavy atom. The van der Waals surface area contributed by atoms with Crippen LogP contribution in [0.5, 0.6) is 5.75 Å². The Balaban J connectivity index is 2.31. The first kappa shape index (κ1) is 16.0. The lowest BCUT2D eigenvalue weighted by atomic mass is 10.1. The predicted octanol–water partition coefficient (Wildman–Crippen LogP) is 5.60. The van der Waals surface area contributed by atoms with Crippen LogP contribution in [0.4, 0.5) is 18.9 Å². The number of hydrogen-bond donors (Lipinski definition) is 1. The molecule has 0 fully saturated rings. The van der Waals surface area contributed by atoms with Gasteiger partial charge in [0, 0.05) is 11.7 Å². The summed E-state index contributed by atoms with van der Waals surface area (Å²) in [5, 5.41) is 4.69. The van der Waals surface area contributed by atoms with Gasteiger partial charge in [-0.2, -0.15) is 13.2 Å². The Bertz CT molecular complexity index is 627. The summed E-state index contributed by atoms with van der Waals surface area (Å²) in [4.78, 5) is 0. The molecule has 0 bridgehead atoms. The lowest BCUT2D eigenvalue weighted by molar-refractivity contribution is -0.137. The number of thiophene rings is 1. The van der Waals surface area contributed by atoms with Gasteiger partial charge in [-0.3, -0.25) is 0 Å². The molecule has 2 aromatic rings. The second-order valence-corrected chi connectivity index (χ2v) is 6.00. The molecule has 0 aliphatic rings. The van der Waals surface area contributed by atoms with E-state index in [1.165, 1.54) is 30.6 Å². The minimum atomic E-state index is -4.46. The van der Waals surface area contributed by atoms with Crippen molar-refractivity contribution in [2.75, 3.05) is 12.4 Å². The van der Waals surface area contributed by atoms with Crippen molar-refractivity contribution in [1.29, 1.82) is 0 Å². The van der Waals surface area contributed by atoms with Crippen LogP contribution in [0.25, 0.3) is 0 Å². The summed E-state index contributed by atoms with van der Waals surface area (Å²) < 4.78 is 44.8. The van der Waals surface area contributed by atoms with Crippen LogP contribution in [0.15, 0.2) is 29.6 Å². The fourth-order valence-corrected chi connectivity index (χ4v) is 2.86. The average Bonchev–Trinajstić information content (AvgIpc) is 2.84. The van der Waals surface area contributed by atoms with Crippen molar-refractivity contribution in [3.63, 3.8) is 0 Å². The third kappa shape index (κ3) is 3.83. The number of nitrogens with one attached hydrogen (secondary N) is 1. The van der Waals surface area contributed by atoms with E-state index >= 15 is 0 Å². The van der Waals surface area contributed by atoms with Gasteiger partial charge < -0.3 is 10.1 Å².